The summed E-state index contributed by atoms with van der Waals surface area (Å²) >= 11 is 2.44. The Kier molecular flexibility index (Phi) is 7.89. The fraction of sp³-hybridized carbons (Fsp3) is 0.480. The Morgan fingerprint density at radius 1 is 1.32 bits per heavy atom. The van der Waals surface area contributed by atoms with Gasteiger partial charge in [0.15, 0.2) is 23.2 Å². The number of carbonyl (C=O) groups is 1. The van der Waals surface area contributed by atoms with Crippen molar-refractivity contribution < 1.29 is 24.1 Å². The Balaban J connectivity index is 1.36. The highest BCUT2D eigenvalue weighted by atomic mass is 32.2. The van der Waals surface area contributed by atoms with Crippen LogP contribution in [0.15, 0.2) is 35.5 Å². The molecule has 2 unspecified atom stereocenters. The number of nitrogens with zero attached hydrogens (tertiary/aromatic N) is 4. The first-order chi connectivity index (χ1) is 17.9. The largest absolute Gasteiger partial charge is 0.480 e. The smallest absolute Gasteiger partial charge is 0.316 e. The molecule has 3 aromatic heterocycles. The van der Waals surface area contributed by atoms with E-state index in [0.29, 0.717) is 46.2 Å². The normalized spacial score (nSPS) is 19.6. The first kappa shape index (κ1) is 25.8. The minimum atomic E-state index is -0.866. The summed E-state index contributed by atoms with van der Waals surface area (Å²) in [5.41, 5.74) is 0.719. The standard InChI is InChI=1S/C25H29N5O5S2/c1-3-20(23(31)32)36-16-12-18(34-17-8-7-11-26-15(17)2)21(27-13-16)28-24-29-22(30-37-24)19-14-33-25(35-19)9-5-4-6-10-25/h7-8,11-13,19-20H,3-6,9-10,14H2,1-2H3,(H,31,32)(H,27,28,29,30). The Bertz CT molecular complexity index is 1250. The molecule has 0 amide bonds. The highest BCUT2D eigenvalue weighted by Crippen LogP contribution is 2.43. The van der Waals surface area contributed by atoms with Gasteiger partial charge in [-0.3, -0.25) is 9.78 Å². The van der Waals surface area contributed by atoms with Crippen LogP contribution in [0.25, 0.3) is 0 Å². The van der Waals surface area contributed by atoms with Gasteiger partial charge in [0.1, 0.15) is 17.1 Å². The van der Waals surface area contributed by atoms with E-state index in [1.165, 1.54) is 29.7 Å². The third-order valence-electron chi connectivity index (χ3n) is 6.36. The number of ether oxygens (including phenoxy) is 3. The highest BCUT2D eigenvalue weighted by Gasteiger charge is 2.44. The zero-order valence-electron chi connectivity index (χ0n) is 20.7. The summed E-state index contributed by atoms with van der Waals surface area (Å²) in [5.74, 6) is 0.665. The van der Waals surface area contributed by atoms with E-state index < -0.39 is 17.0 Å². The average Bonchev–Trinajstić information content (AvgIpc) is 3.53. The Morgan fingerprint density at radius 3 is 2.92 bits per heavy atom. The van der Waals surface area contributed by atoms with Crippen LogP contribution in [0.1, 0.15) is 63.1 Å². The van der Waals surface area contributed by atoms with Crippen molar-refractivity contribution in [3.63, 3.8) is 0 Å². The summed E-state index contributed by atoms with van der Waals surface area (Å²) in [6.45, 7) is 4.14. The lowest BCUT2D eigenvalue weighted by Crippen LogP contribution is -2.32. The number of anilines is 2. The SMILES string of the molecule is CCC(Sc1cnc(Nc2nc(C3COC4(CCCCC4)O3)ns2)c(Oc2cccnc2C)c1)C(=O)O. The molecule has 10 nitrogen and oxygen atoms in total. The van der Waals surface area contributed by atoms with Crippen molar-refractivity contribution in [1.29, 1.82) is 0 Å². The molecule has 1 aliphatic carbocycles. The second kappa shape index (κ2) is 11.3. The van der Waals surface area contributed by atoms with Gasteiger partial charge in [-0.1, -0.05) is 13.3 Å². The van der Waals surface area contributed by atoms with Gasteiger partial charge in [-0.25, -0.2) is 9.97 Å². The number of hydrogen-bond acceptors (Lipinski definition) is 11. The zero-order valence-corrected chi connectivity index (χ0v) is 22.3. The number of carboxylic acids is 1. The maximum absolute atomic E-state index is 11.5. The molecule has 1 saturated carbocycles. The van der Waals surface area contributed by atoms with Crippen LogP contribution >= 0.6 is 23.3 Å². The van der Waals surface area contributed by atoms with Crippen LogP contribution < -0.4 is 10.1 Å². The number of carboxylic acid groups (broad SMARTS) is 1. The molecule has 2 N–H and O–H groups in total. The third kappa shape index (κ3) is 6.03. The van der Waals surface area contributed by atoms with Gasteiger partial charge in [-0.15, -0.1) is 11.8 Å². The van der Waals surface area contributed by atoms with Gasteiger partial charge in [0.25, 0.3) is 0 Å². The molecular formula is C25H29N5O5S2. The van der Waals surface area contributed by atoms with Gasteiger partial charge < -0.3 is 24.6 Å². The summed E-state index contributed by atoms with van der Waals surface area (Å²) in [6, 6.07) is 5.39. The summed E-state index contributed by atoms with van der Waals surface area (Å²) in [7, 11) is 0. The molecule has 0 bridgehead atoms. The maximum Gasteiger partial charge on any atom is 0.316 e. The quantitative estimate of drug-likeness (QED) is 0.314. The predicted octanol–water partition coefficient (Wildman–Crippen LogP) is 5.88. The Labute approximate surface area is 223 Å². The number of rotatable bonds is 9. The highest BCUT2D eigenvalue weighted by molar-refractivity contribution is 8.00. The molecule has 2 aliphatic rings. The van der Waals surface area contributed by atoms with Crippen LogP contribution in [-0.4, -0.2) is 48.0 Å². The van der Waals surface area contributed by atoms with Gasteiger partial charge >= 0.3 is 5.97 Å². The lowest BCUT2D eigenvalue weighted by atomic mass is 9.94. The fourth-order valence-corrected chi connectivity index (χ4v) is 5.88. The van der Waals surface area contributed by atoms with Crippen molar-refractivity contribution in [3.05, 3.63) is 42.1 Å². The van der Waals surface area contributed by atoms with Crippen LogP contribution in [0, 0.1) is 6.92 Å². The van der Waals surface area contributed by atoms with Crippen LogP contribution in [0.2, 0.25) is 0 Å². The van der Waals surface area contributed by atoms with E-state index in [1.54, 1.807) is 24.5 Å². The van der Waals surface area contributed by atoms with Crippen molar-refractivity contribution >= 4 is 40.2 Å². The van der Waals surface area contributed by atoms with E-state index in [1.807, 2.05) is 19.9 Å². The van der Waals surface area contributed by atoms with E-state index >= 15 is 0 Å². The summed E-state index contributed by atoms with van der Waals surface area (Å²) in [6.07, 6.45) is 8.75. The molecule has 3 aromatic rings. The number of aliphatic carboxylic acids is 1. The second-order valence-electron chi connectivity index (χ2n) is 9.03. The third-order valence-corrected chi connectivity index (χ3v) is 8.32. The van der Waals surface area contributed by atoms with Crippen LogP contribution in [-0.2, 0) is 14.3 Å². The van der Waals surface area contributed by atoms with E-state index in [4.69, 9.17) is 14.2 Å². The van der Waals surface area contributed by atoms with Gasteiger partial charge in [0.05, 0.1) is 12.3 Å². The first-order valence-corrected chi connectivity index (χ1v) is 14.0. The van der Waals surface area contributed by atoms with Crippen molar-refractivity contribution in [2.24, 2.45) is 0 Å². The topological polar surface area (TPSA) is 129 Å². The van der Waals surface area contributed by atoms with Crippen LogP contribution in [0.4, 0.5) is 10.9 Å². The molecule has 0 aromatic carbocycles. The second-order valence-corrected chi connectivity index (χ2v) is 11.1. The molecule has 5 rings (SSSR count). The van der Waals surface area contributed by atoms with Crippen LogP contribution in [0.5, 0.6) is 11.5 Å². The summed E-state index contributed by atoms with van der Waals surface area (Å²) in [5, 5.41) is 12.6. The number of nitrogens with one attached hydrogen (secondary N) is 1. The van der Waals surface area contributed by atoms with E-state index in [-0.39, 0.29) is 6.10 Å². The summed E-state index contributed by atoms with van der Waals surface area (Å²) < 4.78 is 23.0. The molecule has 0 radical (unpaired) electrons. The fourth-order valence-electron chi connectivity index (χ4n) is 4.38. The van der Waals surface area contributed by atoms with Crippen LogP contribution in [0.3, 0.4) is 0 Å². The zero-order chi connectivity index (χ0) is 25.8. The molecule has 2 fully saturated rings. The maximum atomic E-state index is 11.5. The van der Waals surface area contributed by atoms with Gasteiger partial charge in [0, 0.05) is 41.7 Å². The Hall–Kier alpha value is -2.80. The molecule has 1 aliphatic heterocycles. The van der Waals surface area contributed by atoms with E-state index in [0.717, 1.165) is 31.4 Å². The van der Waals surface area contributed by atoms with Crippen molar-refractivity contribution in [2.45, 2.75) is 74.4 Å². The number of aromatic nitrogens is 4. The van der Waals surface area contributed by atoms with Crippen molar-refractivity contribution in [1.82, 2.24) is 19.3 Å². The molecule has 2 atom stereocenters. The molecular weight excluding hydrogens is 514 g/mol. The van der Waals surface area contributed by atoms with Crippen molar-refractivity contribution in [2.75, 3.05) is 11.9 Å². The van der Waals surface area contributed by atoms with Gasteiger partial charge in [0.2, 0.25) is 5.13 Å². The minimum Gasteiger partial charge on any atom is -0.480 e. The Morgan fingerprint density at radius 2 is 2.16 bits per heavy atom. The number of aryl methyl sites for hydroxylation is 1. The number of thioether (sulfide) groups is 1. The summed E-state index contributed by atoms with van der Waals surface area (Å²) in [4.78, 5) is 25.7. The lowest BCUT2D eigenvalue weighted by molar-refractivity contribution is -0.188. The number of pyridine rings is 2. The molecule has 37 heavy (non-hydrogen) atoms. The lowest BCUT2D eigenvalue weighted by Gasteiger charge is -2.31. The number of hydrogen-bond donors (Lipinski definition) is 2. The monoisotopic (exact) mass is 543 g/mol. The van der Waals surface area contributed by atoms with E-state index in [9.17, 15) is 9.90 Å². The van der Waals surface area contributed by atoms with Gasteiger partial charge in [-0.05, 0) is 44.4 Å². The van der Waals surface area contributed by atoms with E-state index in [2.05, 4.69) is 24.6 Å². The molecule has 12 heteroatoms. The molecule has 1 saturated heterocycles. The van der Waals surface area contributed by atoms with Gasteiger partial charge in [-0.2, -0.15) is 4.37 Å². The molecule has 196 valence electrons. The predicted molar refractivity (Wildman–Crippen MR) is 140 cm³/mol. The average molecular weight is 544 g/mol. The first-order valence-electron chi connectivity index (χ1n) is 12.4. The molecule has 4 heterocycles. The minimum absolute atomic E-state index is 0.299. The van der Waals surface area contributed by atoms with Crippen molar-refractivity contribution in [3.8, 4) is 11.5 Å². The molecule has 1 spiro atoms.